The Bertz CT molecular complexity index is 403. The summed E-state index contributed by atoms with van der Waals surface area (Å²) in [4.78, 5) is 11.9. The molecule has 1 aromatic rings. The summed E-state index contributed by atoms with van der Waals surface area (Å²) in [6, 6.07) is 10.5. The Morgan fingerprint density at radius 2 is 1.75 bits per heavy atom. The third kappa shape index (κ3) is 6.74. The van der Waals surface area contributed by atoms with Crippen molar-refractivity contribution in [1.82, 2.24) is 0 Å². The molecule has 0 amide bonds. The molecule has 0 saturated heterocycles. The number of rotatable bonds is 6. The first-order chi connectivity index (χ1) is 9.28. The van der Waals surface area contributed by atoms with E-state index in [1.54, 1.807) is 0 Å². The standard InChI is InChI=1S/C18H28O2/c1-14(11-12-16-9-7-6-8-10-16)13-15(2)17(19)20-18(3,4)5/h6-10,14-15H,11-13H2,1-5H3/t14-,15-/m0/s1. The molecule has 2 atom stereocenters. The Morgan fingerprint density at radius 1 is 1.15 bits per heavy atom. The molecular weight excluding hydrogens is 248 g/mol. The summed E-state index contributed by atoms with van der Waals surface area (Å²) in [6.07, 6.45) is 3.07. The van der Waals surface area contributed by atoms with Crippen molar-refractivity contribution in [3.05, 3.63) is 35.9 Å². The lowest BCUT2D eigenvalue weighted by molar-refractivity contribution is -0.159. The number of hydrogen-bond acceptors (Lipinski definition) is 2. The Balaban J connectivity index is 2.34. The first-order valence-electron chi connectivity index (χ1n) is 7.54. The molecule has 112 valence electrons. The first-order valence-corrected chi connectivity index (χ1v) is 7.54. The fraction of sp³-hybridized carbons (Fsp3) is 0.611. The van der Waals surface area contributed by atoms with Crippen molar-refractivity contribution < 1.29 is 9.53 Å². The van der Waals surface area contributed by atoms with Crippen LogP contribution in [-0.2, 0) is 16.0 Å². The monoisotopic (exact) mass is 276 g/mol. The van der Waals surface area contributed by atoms with Crippen LogP contribution < -0.4 is 0 Å². The van der Waals surface area contributed by atoms with Gasteiger partial charge in [0.15, 0.2) is 0 Å². The van der Waals surface area contributed by atoms with Gasteiger partial charge in [-0.05, 0) is 51.5 Å². The third-order valence-corrected chi connectivity index (χ3v) is 3.33. The van der Waals surface area contributed by atoms with Crippen LogP contribution in [0, 0.1) is 11.8 Å². The van der Waals surface area contributed by atoms with Gasteiger partial charge < -0.3 is 4.74 Å². The molecule has 0 aliphatic heterocycles. The molecule has 0 spiro atoms. The van der Waals surface area contributed by atoms with Crippen molar-refractivity contribution in [2.75, 3.05) is 0 Å². The number of esters is 1. The zero-order valence-electron chi connectivity index (χ0n) is 13.5. The van der Waals surface area contributed by atoms with Crippen molar-refractivity contribution in [2.45, 2.75) is 59.5 Å². The maximum atomic E-state index is 11.9. The lowest BCUT2D eigenvalue weighted by Gasteiger charge is -2.23. The Kier molecular flexibility index (Phi) is 6.25. The highest BCUT2D eigenvalue weighted by atomic mass is 16.6. The van der Waals surface area contributed by atoms with Crippen molar-refractivity contribution >= 4 is 5.97 Å². The molecule has 0 bridgehead atoms. The molecule has 0 heterocycles. The van der Waals surface area contributed by atoms with E-state index in [-0.39, 0.29) is 11.9 Å². The van der Waals surface area contributed by atoms with E-state index in [0.29, 0.717) is 5.92 Å². The van der Waals surface area contributed by atoms with Gasteiger partial charge in [0, 0.05) is 0 Å². The molecule has 2 heteroatoms. The predicted octanol–water partition coefficient (Wildman–Crippen LogP) is 4.62. The largest absolute Gasteiger partial charge is 0.460 e. The predicted molar refractivity (Wildman–Crippen MR) is 83.6 cm³/mol. The quantitative estimate of drug-likeness (QED) is 0.708. The fourth-order valence-corrected chi connectivity index (χ4v) is 2.28. The van der Waals surface area contributed by atoms with E-state index in [1.807, 2.05) is 33.8 Å². The zero-order chi connectivity index (χ0) is 15.2. The van der Waals surface area contributed by atoms with Gasteiger partial charge in [0.05, 0.1) is 5.92 Å². The molecule has 20 heavy (non-hydrogen) atoms. The summed E-state index contributed by atoms with van der Waals surface area (Å²) < 4.78 is 5.42. The SMILES string of the molecule is C[C@@H](CCc1ccccc1)C[C@H](C)C(=O)OC(C)(C)C. The molecule has 0 radical (unpaired) electrons. The summed E-state index contributed by atoms with van der Waals surface area (Å²) >= 11 is 0. The van der Waals surface area contributed by atoms with Crippen LogP contribution in [0.5, 0.6) is 0 Å². The van der Waals surface area contributed by atoms with E-state index in [0.717, 1.165) is 19.3 Å². The second kappa shape index (κ2) is 7.47. The highest BCUT2D eigenvalue weighted by Gasteiger charge is 2.23. The lowest BCUT2D eigenvalue weighted by Crippen LogP contribution is -2.28. The van der Waals surface area contributed by atoms with Crippen LogP contribution in [0.25, 0.3) is 0 Å². The molecule has 0 saturated carbocycles. The average molecular weight is 276 g/mol. The summed E-state index contributed by atoms with van der Waals surface area (Å²) in [5.41, 5.74) is 0.975. The Morgan fingerprint density at radius 3 is 2.30 bits per heavy atom. The normalized spacial score (nSPS) is 14.7. The Hall–Kier alpha value is -1.31. The fourth-order valence-electron chi connectivity index (χ4n) is 2.28. The van der Waals surface area contributed by atoms with Crippen molar-refractivity contribution in [3.8, 4) is 0 Å². The van der Waals surface area contributed by atoms with Gasteiger partial charge in [-0.3, -0.25) is 4.79 Å². The number of aryl methyl sites for hydroxylation is 1. The second-order valence-corrected chi connectivity index (χ2v) is 6.80. The second-order valence-electron chi connectivity index (χ2n) is 6.80. The van der Waals surface area contributed by atoms with Gasteiger partial charge in [0.2, 0.25) is 0 Å². The third-order valence-electron chi connectivity index (χ3n) is 3.33. The van der Waals surface area contributed by atoms with Gasteiger partial charge in [-0.1, -0.05) is 44.2 Å². The molecule has 1 aromatic carbocycles. The van der Waals surface area contributed by atoms with Crippen LogP contribution in [0.2, 0.25) is 0 Å². The molecular formula is C18H28O2. The van der Waals surface area contributed by atoms with E-state index in [9.17, 15) is 4.79 Å². The number of hydrogen-bond donors (Lipinski definition) is 0. The lowest BCUT2D eigenvalue weighted by atomic mass is 9.92. The molecule has 0 aliphatic carbocycles. The van der Waals surface area contributed by atoms with E-state index in [4.69, 9.17) is 4.74 Å². The van der Waals surface area contributed by atoms with Gasteiger partial charge in [0.1, 0.15) is 5.60 Å². The number of carbonyl (C=O) groups is 1. The van der Waals surface area contributed by atoms with Gasteiger partial charge in [-0.15, -0.1) is 0 Å². The van der Waals surface area contributed by atoms with Crippen molar-refractivity contribution in [3.63, 3.8) is 0 Å². The van der Waals surface area contributed by atoms with Crippen LogP contribution in [0.4, 0.5) is 0 Å². The molecule has 0 aliphatic rings. The van der Waals surface area contributed by atoms with Gasteiger partial charge in [-0.2, -0.15) is 0 Å². The minimum absolute atomic E-state index is 0.0278. The highest BCUT2D eigenvalue weighted by molar-refractivity contribution is 5.72. The molecule has 1 rings (SSSR count). The minimum Gasteiger partial charge on any atom is -0.460 e. The number of carbonyl (C=O) groups excluding carboxylic acids is 1. The maximum absolute atomic E-state index is 11.9. The van der Waals surface area contributed by atoms with E-state index in [1.165, 1.54) is 5.56 Å². The molecule has 0 fully saturated rings. The molecule has 2 nitrogen and oxygen atoms in total. The minimum atomic E-state index is -0.390. The molecule has 0 aromatic heterocycles. The summed E-state index contributed by atoms with van der Waals surface area (Å²) in [5.74, 6) is 0.418. The van der Waals surface area contributed by atoms with Gasteiger partial charge >= 0.3 is 5.97 Å². The maximum Gasteiger partial charge on any atom is 0.309 e. The van der Waals surface area contributed by atoms with Crippen LogP contribution in [0.1, 0.15) is 53.0 Å². The summed E-state index contributed by atoms with van der Waals surface area (Å²) in [6.45, 7) is 9.92. The van der Waals surface area contributed by atoms with Crippen molar-refractivity contribution in [1.29, 1.82) is 0 Å². The topological polar surface area (TPSA) is 26.3 Å². The van der Waals surface area contributed by atoms with Crippen LogP contribution in [0.15, 0.2) is 30.3 Å². The van der Waals surface area contributed by atoms with Gasteiger partial charge in [0.25, 0.3) is 0 Å². The van der Waals surface area contributed by atoms with Gasteiger partial charge in [-0.25, -0.2) is 0 Å². The zero-order valence-corrected chi connectivity index (χ0v) is 13.5. The van der Waals surface area contributed by atoms with Crippen LogP contribution in [0.3, 0.4) is 0 Å². The summed E-state index contributed by atoms with van der Waals surface area (Å²) in [5, 5.41) is 0. The van der Waals surface area contributed by atoms with E-state index in [2.05, 4.69) is 31.2 Å². The molecule has 0 unspecified atom stereocenters. The summed E-state index contributed by atoms with van der Waals surface area (Å²) in [7, 11) is 0. The van der Waals surface area contributed by atoms with Crippen LogP contribution in [-0.4, -0.2) is 11.6 Å². The van der Waals surface area contributed by atoms with Crippen LogP contribution >= 0.6 is 0 Å². The average Bonchev–Trinajstić information content (AvgIpc) is 2.35. The number of ether oxygens (including phenoxy) is 1. The number of benzene rings is 1. The van der Waals surface area contributed by atoms with Crippen molar-refractivity contribution in [2.24, 2.45) is 11.8 Å². The van der Waals surface area contributed by atoms with E-state index < -0.39 is 5.60 Å². The van der Waals surface area contributed by atoms with E-state index >= 15 is 0 Å². The Labute approximate surface area is 123 Å². The molecule has 0 N–H and O–H groups in total. The smallest absolute Gasteiger partial charge is 0.309 e. The first kappa shape index (κ1) is 16.7. The highest BCUT2D eigenvalue weighted by Crippen LogP contribution is 2.20.